The second kappa shape index (κ2) is 6.09. The number of nitrogens with two attached hydrogens (primary N) is 1. The summed E-state index contributed by atoms with van der Waals surface area (Å²) < 4.78 is 18.7. The molecule has 1 aliphatic heterocycles. The van der Waals surface area contributed by atoms with E-state index < -0.39 is 23.2 Å². The molecule has 0 aliphatic carbocycles. The Bertz CT molecular complexity index is 775. The van der Waals surface area contributed by atoms with E-state index in [-0.39, 0.29) is 18.5 Å². The predicted octanol–water partition coefficient (Wildman–Crippen LogP) is 1.54. The van der Waals surface area contributed by atoms with E-state index in [1.165, 1.54) is 29.6 Å². The van der Waals surface area contributed by atoms with Crippen LogP contribution in [0, 0.1) is 5.82 Å². The van der Waals surface area contributed by atoms with E-state index in [2.05, 4.69) is 0 Å². The van der Waals surface area contributed by atoms with Crippen molar-refractivity contribution >= 4 is 11.8 Å². The van der Waals surface area contributed by atoms with Gasteiger partial charge in [0.25, 0.3) is 11.8 Å². The van der Waals surface area contributed by atoms with Gasteiger partial charge in [0.05, 0.1) is 24.6 Å². The Morgan fingerprint density at radius 2 is 2.12 bits per heavy atom. The van der Waals surface area contributed by atoms with Gasteiger partial charge >= 0.3 is 0 Å². The number of hydrogen-bond donors (Lipinski definition) is 2. The Morgan fingerprint density at radius 1 is 1.33 bits per heavy atom. The number of aliphatic hydroxyl groups is 1. The number of carbonyl (C=O) groups is 2. The summed E-state index contributed by atoms with van der Waals surface area (Å²) >= 11 is 0. The number of carbonyl (C=O) groups excluding carboxylic acids is 2. The van der Waals surface area contributed by atoms with Gasteiger partial charge < -0.3 is 20.2 Å². The Balaban J connectivity index is 1.95. The van der Waals surface area contributed by atoms with Crippen molar-refractivity contribution in [2.45, 2.75) is 18.4 Å². The summed E-state index contributed by atoms with van der Waals surface area (Å²) in [7, 11) is 0. The molecule has 0 radical (unpaired) electrons. The van der Waals surface area contributed by atoms with Crippen LogP contribution in [0.1, 0.15) is 23.2 Å². The van der Waals surface area contributed by atoms with Crippen molar-refractivity contribution in [1.82, 2.24) is 4.90 Å². The number of halogens is 1. The zero-order chi connectivity index (χ0) is 17.3. The van der Waals surface area contributed by atoms with Gasteiger partial charge in [-0.15, -0.1) is 0 Å². The molecule has 1 atom stereocenters. The maximum Gasteiger partial charge on any atom is 0.254 e. The molecule has 0 saturated carbocycles. The number of benzene rings is 1. The zero-order valence-corrected chi connectivity index (χ0v) is 12.9. The molecule has 7 heteroatoms. The van der Waals surface area contributed by atoms with Gasteiger partial charge in [-0.2, -0.15) is 0 Å². The van der Waals surface area contributed by atoms with Crippen LogP contribution in [0.3, 0.4) is 0 Å². The van der Waals surface area contributed by atoms with Crippen LogP contribution in [0.15, 0.2) is 41.2 Å². The van der Waals surface area contributed by atoms with Gasteiger partial charge in [-0.3, -0.25) is 9.59 Å². The third kappa shape index (κ3) is 2.90. The summed E-state index contributed by atoms with van der Waals surface area (Å²) in [6.45, 7) is 0.151. The van der Waals surface area contributed by atoms with Crippen molar-refractivity contribution < 1.29 is 23.5 Å². The van der Waals surface area contributed by atoms with Crippen LogP contribution >= 0.6 is 0 Å². The lowest BCUT2D eigenvalue weighted by atomic mass is 9.91. The Kier molecular flexibility index (Phi) is 4.11. The Hall–Kier alpha value is -2.67. The smallest absolute Gasteiger partial charge is 0.254 e. The van der Waals surface area contributed by atoms with E-state index >= 15 is 0 Å². The van der Waals surface area contributed by atoms with Crippen LogP contribution in [0.2, 0.25) is 0 Å². The van der Waals surface area contributed by atoms with Crippen LogP contribution in [0.5, 0.6) is 0 Å². The van der Waals surface area contributed by atoms with Crippen LogP contribution < -0.4 is 5.73 Å². The average Bonchev–Trinajstić information content (AvgIpc) is 3.08. The highest BCUT2D eigenvalue weighted by Crippen LogP contribution is 2.28. The number of furan rings is 1. The molecule has 0 spiro atoms. The van der Waals surface area contributed by atoms with E-state index in [4.69, 9.17) is 10.2 Å². The first kappa shape index (κ1) is 16.2. The quantitative estimate of drug-likeness (QED) is 0.891. The molecule has 2 heterocycles. The highest BCUT2D eigenvalue weighted by molar-refractivity contribution is 6.01. The van der Waals surface area contributed by atoms with Crippen molar-refractivity contribution in [3.63, 3.8) is 0 Å². The molecule has 1 aromatic heterocycles. The Labute approximate surface area is 137 Å². The summed E-state index contributed by atoms with van der Waals surface area (Å²) in [4.78, 5) is 25.6. The predicted molar refractivity (Wildman–Crippen MR) is 83.4 cm³/mol. The molecule has 2 aromatic rings. The van der Waals surface area contributed by atoms with Gasteiger partial charge in [-0.1, -0.05) is 6.07 Å². The molecule has 2 amide bonds. The van der Waals surface area contributed by atoms with Crippen molar-refractivity contribution in [3.8, 4) is 11.1 Å². The number of β-amino-alcohol motifs (C(OH)–C–C–N with tert-alkyl or cyclic N) is 1. The van der Waals surface area contributed by atoms with Crippen molar-refractivity contribution in [2.24, 2.45) is 5.73 Å². The summed E-state index contributed by atoms with van der Waals surface area (Å²) in [6, 6.07) is 5.56. The molecule has 126 valence electrons. The molecule has 6 nitrogen and oxygen atoms in total. The molecular formula is C17H17FN2O4. The van der Waals surface area contributed by atoms with Crippen molar-refractivity contribution in [1.29, 1.82) is 0 Å². The minimum Gasteiger partial charge on any atom is -0.472 e. The fourth-order valence-electron chi connectivity index (χ4n) is 2.94. The number of nitrogens with zero attached hydrogens (tertiary/aromatic N) is 1. The standard InChI is InChI=1S/C17H17FN2O4/c18-12-2-3-13(11-4-7-24-9-11)14(8-12)15(21)20-6-1-5-17(23,10-20)16(19)22/h2-4,7-9,23H,1,5-6,10H2,(H2,19,22). The largest absolute Gasteiger partial charge is 0.472 e. The van der Waals surface area contributed by atoms with Gasteiger partial charge in [0.15, 0.2) is 5.60 Å². The minimum absolute atomic E-state index is 0.144. The summed E-state index contributed by atoms with van der Waals surface area (Å²) in [6.07, 6.45) is 3.55. The number of hydrogen-bond acceptors (Lipinski definition) is 4. The molecule has 1 aromatic carbocycles. The second-order valence-electron chi connectivity index (χ2n) is 5.93. The summed E-state index contributed by atoms with van der Waals surface area (Å²) in [5, 5.41) is 10.3. The first-order valence-corrected chi connectivity index (χ1v) is 7.54. The number of amides is 2. The fourth-order valence-corrected chi connectivity index (χ4v) is 2.94. The third-order valence-electron chi connectivity index (χ3n) is 4.26. The van der Waals surface area contributed by atoms with E-state index in [9.17, 15) is 19.1 Å². The third-order valence-corrected chi connectivity index (χ3v) is 4.26. The molecule has 1 fully saturated rings. The molecule has 0 bridgehead atoms. The van der Waals surface area contributed by atoms with Crippen LogP contribution in [0.4, 0.5) is 4.39 Å². The molecule has 3 rings (SSSR count). The lowest BCUT2D eigenvalue weighted by Crippen LogP contribution is -2.57. The van der Waals surface area contributed by atoms with Crippen LogP contribution in [0.25, 0.3) is 11.1 Å². The SMILES string of the molecule is NC(=O)C1(O)CCCN(C(=O)c2cc(F)ccc2-c2ccoc2)C1. The average molecular weight is 332 g/mol. The van der Waals surface area contributed by atoms with E-state index in [1.54, 1.807) is 6.07 Å². The van der Waals surface area contributed by atoms with Crippen LogP contribution in [-0.2, 0) is 4.79 Å². The molecule has 24 heavy (non-hydrogen) atoms. The molecule has 3 N–H and O–H groups in total. The van der Waals surface area contributed by atoms with Gasteiger partial charge in [0.2, 0.25) is 0 Å². The summed E-state index contributed by atoms with van der Waals surface area (Å²) in [5.74, 6) is -1.88. The van der Waals surface area contributed by atoms with Crippen LogP contribution in [-0.4, -0.2) is 40.5 Å². The van der Waals surface area contributed by atoms with Crippen molar-refractivity contribution in [2.75, 3.05) is 13.1 Å². The lowest BCUT2D eigenvalue weighted by molar-refractivity contribution is -0.140. The monoisotopic (exact) mass is 332 g/mol. The van der Waals surface area contributed by atoms with Crippen molar-refractivity contribution in [3.05, 3.63) is 48.2 Å². The van der Waals surface area contributed by atoms with Gasteiger partial charge in [0.1, 0.15) is 5.82 Å². The summed E-state index contributed by atoms with van der Waals surface area (Å²) in [5.41, 5.74) is 4.78. The number of piperidine rings is 1. The lowest BCUT2D eigenvalue weighted by Gasteiger charge is -2.37. The van der Waals surface area contributed by atoms with E-state index in [0.717, 1.165) is 6.07 Å². The van der Waals surface area contributed by atoms with Gasteiger partial charge in [-0.05, 0) is 36.6 Å². The number of primary amides is 1. The fraction of sp³-hybridized carbons (Fsp3) is 0.294. The minimum atomic E-state index is -1.75. The molecule has 1 saturated heterocycles. The number of likely N-dealkylation sites (tertiary alicyclic amines) is 1. The highest BCUT2D eigenvalue weighted by Gasteiger charge is 2.40. The molecule has 1 unspecified atom stereocenters. The molecular weight excluding hydrogens is 315 g/mol. The maximum absolute atomic E-state index is 13.7. The Morgan fingerprint density at radius 3 is 2.79 bits per heavy atom. The van der Waals surface area contributed by atoms with Gasteiger partial charge in [0, 0.05) is 12.1 Å². The van der Waals surface area contributed by atoms with E-state index in [0.29, 0.717) is 24.1 Å². The van der Waals surface area contributed by atoms with Gasteiger partial charge in [-0.25, -0.2) is 4.39 Å². The maximum atomic E-state index is 13.7. The van der Waals surface area contributed by atoms with E-state index in [1.807, 2.05) is 0 Å². The molecule has 1 aliphatic rings. The number of rotatable bonds is 3. The zero-order valence-electron chi connectivity index (χ0n) is 12.9. The topological polar surface area (TPSA) is 96.8 Å². The first-order valence-electron chi connectivity index (χ1n) is 7.54. The first-order chi connectivity index (χ1) is 11.4. The normalized spacial score (nSPS) is 20.8. The highest BCUT2D eigenvalue weighted by atomic mass is 19.1. The second-order valence-corrected chi connectivity index (χ2v) is 5.93.